The van der Waals surface area contributed by atoms with Gasteiger partial charge < -0.3 is 5.32 Å². The van der Waals surface area contributed by atoms with Gasteiger partial charge in [-0.15, -0.1) is 11.3 Å². The highest BCUT2D eigenvalue weighted by Gasteiger charge is 2.14. The first-order valence-electron chi connectivity index (χ1n) is 6.22. The van der Waals surface area contributed by atoms with Crippen LogP contribution in [-0.2, 0) is 6.54 Å². The van der Waals surface area contributed by atoms with Gasteiger partial charge in [-0.1, -0.05) is 24.6 Å². The van der Waals surface area contributed by atoms with Crippen molar-refractivity contribution in [2.24, 2.45) is 0 Å². The summed E-state index contributed by atoms with van der Waals surface area (Å²) >= 11 is 7.79. The van der Waals surface area contributed by atoms with Crippen molar-refractivity contribution < 1.29 is 0 Å². The standard InChI is InChI=1S/C13H16ClN3OS/c1-3-9(11-6-5-7-19-11)16-10-8-15-17(4-2)13(18)12(10)14/h5-9,16H,3-4H2,1-2H3. The highest BCUT2D eigenvalue weighted by Crippen LogP contribution is 2.27. The van der Waals surface area contributed by atoms with E-state index in [1.807, 2.05) is 18.4 Å². The molecule has 0 saturated carbocycles. The molecule has 0 radical (unpaired) electrons. The maximum Gasteiger partial charge on any atom is 0.287 e. The van der Waals surface area contributed by atoms with Crippen molar-refractivity contribution in [2.45, 2.75) is 32.9 Å². The molecule has 0 fully saturated rings. The monoisotopic (exact) mass is 297 g/mol. The van der Waals surface area contributed by atoms with Crippen LogP contribution < -0.4 is 10.9 Å². The van der Waals surface area contributed by atoms with Crippen molar-refractivity contribution in [1.29, 1.82) is 0 Å². The highest BCUT2D eigenvalue weighted by atomic mass is 35.5. The molecular weight excluding hydrogens is 282 g/mol. The summed E-state index contributed by atoms with van der Waals surface area (Å²) in [6.45, 7) is 4.46. The summed E-state index contributed by atoms with van der Waals surface area (Å²) in [6, 6.07) is 4.23. The molecule has 0 aromatic carbocycles. The number of aryl methyl sites for hydroxylation is 1. The average Bonchev–Trinajstić information content (AvgIpc) is 2.94. The van der Waals surface area contributed by atoms with Gasteiger partial charge in [0.15, 0.2) is 0 Å². The molecule has 0 bridgehead atoms. The minimum Gasteiger partial charge on any atom is -0.375 e. The van der Waals surface area contributed by atoms with E-state index in [0.717, 1.165) is 6.42 Å². The normalized spacial score (nSPS) is 12.4. The summed E-state index contributed by atoms with van der Waals surface area (Å²) in [5.74, 6) is 0. The van der Waals surface area contributed by atoms with E-state index in [-0.39, 0.29) is 16.6 Å². The van der Waals surface area contributed by atoms with Gasteiger partial charge in [0.2, 0.25) is 0 Å². The van der Waals surface area contributed by atoms with Crippen molar-refractivity contribution in [3.05, 3.63) is 44.0 Å². The highest BCUT2D eigenvalue weighted by molar-refractivity contribution is 7.10. The van der Waals surface area contributed by atoms with Crippen molar-refractivity contribution in [3.8, 4) is 0 Å². The zero-order chi connectivity index (χ0) is 13.8. The largest absolute Gasteiger partial charge is 0.375 e. The summed E-state index contributed by atoms with van der Waals surface area (Å²) in [5.41, 5.74) is 0.340. The Morgan fingerprint density at radius 2 is 2.32 bits per heavy atom. The van der Waals surface area contributed by atoms with Crippen LogP contribution in [0, 0.1) is 0 Å². The number of nitrogens with one attached hydrogen (secondary N) is 1. The molecule has 0 aliphatic heterocycles. The molecule has 0 aliphatic rings. The van der Waals surface area contributed by atoms with E-state index in [1.54, 1.807) is 17.5 Å². The molecule has 0 amide bonds. The molecule has 0 aliphatic carbocycles. The van der Waals surface area contributed by atoms with Crippen molar-refractivity contribution >= 4 is 28.6 Å². The number of aromatic nitrogens is 2. The Morgan fingerprint density at radius 1 is 1.53 bits per heavy atom. The molecule has 1 N–H and O–H groups in total. The SMILES string of the molecule is CCC(Nc1cnn(CC)c(=O)c1Cl)c1cccs1. The van der Waals surface area contributed by atoms with E-state index in [0.29, 0.717) is 12.2 Å². The lowest BCUT2D eigenvalue weighted by molar-refractivity contribution is 0.615. The average molecular weight is 298 g/mol. The topological polar surface area (TPSA) is 46.9 Å². The molecule has 6 heteroatoms. The summed E-state index contributed by atoms with van der Waals surface area (Å²) in [5, 5.41) is 9.62. The van der Waals surface area contributed by atoms with Crippen LogP contribution >= 0.6 is 22.9 Å². The predicted octanol–water partition coefficient (Wildman–Crippen LogP) is 3.54. The van der Waals surface area contributed by atoms with E-state index in [4.69, 9.17) is 11.6 Å². The zero-order valence-electron chi connectivity index (χ0n) is 10.9. The summed E-state index contributed by atoms with van der Waals surface area (Å²) < 4.78 is 1.35. The second-order valence-corrected chi connectivity index (χ2v) is 5.47. The molecule has 102 valence electrons. The Kier molecular flexibility index (Phi) is 4.61. The van der Waals surface area contributed by atoms with E-state index < -0.39 is 0 Å². The first-order chi connectivity index (χ1) is 9.17. The van der Waals surface area contributed by atoms with Crippen molar-refractivity contribution in [2.75, 3.05) is 5.32 Å². The fraction of sp³-hybridized carbons (Fsp3) is 0.385. The van der Waals surface area contributed by atoms with Gasteiger partial charge in [-0.3, -0.25) is 4.79 Å². The van der Waals surface area contributed by atoms with Gasteiger partial charge in [0.1, 0.15) is 5.02 Å². The van der Waals surface area contributed by atoms with Gasteiger partial charge in [-0.05, 0) is 24.8 Å². The molecule has 2 heterocycles. The molecule has 1 atom stereocenters. The van der Waals surface area contributed by atoms with E-state index in [2.05, 4.69) is 23.4 Å². The van der Waals surface area contributed by atoms with Gasteiger partial charge >= 0.3 is 0 Å². The van der Waals surface area contributed by atoms with Crippen LogP contribution in [0.3, 0.4) is 0 Å². The quantitative estimate of drug-likeness (QED) is 0.918. The lowest BCUT2D eigenvalue weighted by Gasteiger charge is -2.17. The predicted molar refractivity (Wildman–Crippen MR) is 80.2 cm³/mol. The second kappa shape index (κ2) is 6.21. The first-order valence-corrected chi connectivity index (χ1v) is 7.48. The third-order valence-electron chi connectivity index (χ3n) is 2.91. The third kappa shape index (κ3) is 2.98. The van der Waals surface area contributed by atoms with Crippen LogP contribution in [0.2, 0.25) is 5.02 Å². The van der Waals surface area contributed by atoms with Gasteiger partial charge in [-0.2, -0.15) is 5.10 Å². The maximum atomic E-state index is 11.9. The van der Waals surface area contributed by atoms with E-state index >= 15 is 0 Å². The van der Waals surface area contributed by atoms with Gasteiger partial charge in [0, 0.05) is 11.4 Å². The van der Waals surface area contributed by atoms with Crippen LogP contribution in [-0.4, -0.2) is 9.78 Å². The number of anilines is 1. The molecule has 0 spiro atoms. The molecule has 1 unspecified atom stereocenters. The second-order valence-electron chi connectivity index (χ2n) is 4.11. The number of nitrogens with zero attached hydrogens (tertiary/aromatic N) is 2. The number of hydrogen-bond acceptors (Lipinski definition) is 4. The molecule has 0 saturated heterocycles. The van der Waals surface area contributed by atoms with Gasteiger partial charge in [0.05, 0.1) is 17.9 Å². The molecule has 2 aromatic heterocycles. The maximum absolute atomic E-state index is 11.9. The summed E-state index contributed by atoms with van der Waals surface area (Å²) in [4.78, 5) is 13.1. The number of halogens is 1. The Balaban J connectivity index is 2.28. The first kappa shape index (κ1) is 14.1. The molecule has 4 nitrogen and oxygen atoms in total. The minimum absolute atomic E-state index is 0.149. The minimum atomic E-state index is -0.254. The fourth-order valence-electron chi connectivity index (χ4n) is 1.84. The van der Waals surface area contributed by atoms with Crippen LogP contribution in [0.4, 0.5) is 5.69 Å². The smallest absolute Gasteiger partial charge is 0.287 e. The number of hydrogen-bond donors (Lipinski definition) is 1. The van der Waals surface area contributed by atoms with Crippen molar-refractivity contribution in [1.82, 2.24) is 9.78 Å². The Hall–Kier alpha value is -1.33. The summed E-state index contributed by atoms with van der Waals surface area (Å²) in [6.07, 6.45) is 2.53. The fourth-order valence-corrected chi connectivity index (χ4v) is 2.90. The molecule has 19 heavy (non-hydrogen) atoms. The molecule has 2 aromatic rings. The Labute approximate surface area is 121 Å². The summed E-state index contributed by atoms with van der Waals surface area (Å²) in [7, 11) is 0. The zero-order valence-corrected chi connectivity index (χ0v) is 12.5. The van der Waals surface area contributed by atoms with E-state index in [9.17, 15) is 4.79 Å². The van der Waals surface area contributed by atoms with E-state index in [1.165, 1.54) is 9.56 Å². The Bertz CT molecular complexity index is 594. The lowest BCUT2D eigenvalue weighted by atomic mass is 10.2. The third-order valence-corrected chi connectivity index (χ3v) is 4.26. The van der Waals surface area contributed by atoms with Crippen LogP contribution in [0.25, 0.3) is 0 Å². The van der Waals surface area contributed by atoms with Crippen molar-refractivity contribution in [3.63, 3.8) is 0 Å². The van der Waals surface area contributed by atoms with Crippen LogP contribution in [0.5, 0.6) is 0 Å². The van der Waals surface area contributed by atoms with Crippen LogP contribution in [0.15, 0.2) is 28.5 Å². The number of thiophene rings is 1. The Morgan fingerprint density at radius 3 is 2.89 bits per heavy atom. The molecule has 2 rings (SSSR count). The van der Waals surface area contributed by atoms with Gasteiger partial charge in [0.25, 0.3) is 5.56 Å². The molecular formula is C13H16ClN3OS. The van der Waals surface area contributed by atoms with Gasteiger partial charge in [-0.25, -0.2) is 4.68 Å². The lowest BCUT2D eigenvalue weighted by Crippen LogP contribution is -2.24. The number of rotatable bonds is 5. The van der Waals surface area contributed by atoms with Crippen LogP contribution in [0.1, 0.15) is 31.2 Å².